The molecule has 1 fully saturated rings. The smallest absolute Gasteiger partial charge is 0.161 e. The van der Waals surface area contributed by atoms with E-state index in [-0.39, 0.29) is 30.9 Å². The molecule has 22 heavy (non-hydrogen) atoms. The van der Waals surface area contributed by atoms with Gasteiger partial charge in [-0.1, -0.05) is 6.92 Å². The van der Waals surface area contributed by atoms with Gasteiger partial charge in [0, 0.05) is 25.2 Å². The van der Waals surface area contributed by atoms with Crippen molar-refractivity contribution in [3.05, 3.63) is 23.3 Å². The molecule has 1 saturated heterocycles. The first-order valence-electron chi connectivity index (χ1n) is 7.38. The fourth-order valence-corrected chi connectivity index (χ4v) is 3.57. The first-order valence-corrected chi connectivity index (χ1v) is 7.38. The predicted molar refractivity (Wildman–Crippen MR) is 93.8 cm³/mol. The minimum atomic E-state index is 0. The van der Waals surface area contributed by atoms with Crippen molar-refractivity contribution in [2.24, 2.45) is 11.7 Å². The number of piperidine rings is 1. The van der Waals surface area contributed by atoms with E-state index in [4.69, 9.17) is 15.2 Å². The highest BCUT2D eigenvalue weighted by atomic mass is 35.5. The molecule has 0 radical (unpaired) electrons. The van der Waals surface area contributed by atoms with Crippen LogP contribution in [0.1, 0.15) is 30.5 Å². The highest BCUT2D eigenvalue weighted by Crippen LogP contribution is 2.42. The van der Waals surface area contributed by atoms with Crippen LogP contribution < -0.4 is 15.2 Å². The number of fused-ring (bicyclic) bond motifs is 3. The molecule has 0 saturated carbocycles. The van der Waals surface area contributed by atoms with Gasteiger partial charge in [-0.05, 0) is 42.0 Å². The van der Waals surface area contributed by atoms with Crippen LogP contribution in [0.25, 0.3) is 0 Å². The van der Waals surface area contributed by atoms with E-state index >= 15 is 0 Å². The lowest BCUT2D eigenvalue weighted by molar-refractivity contribution is 0.0899. The molecule has 0 bridgehead atoms. The van der Waals surface area contributed by atoms with Crippen LogP contribution in [0.4, 0.5) is 0 Å². The van der Waals surface area contributed by atoms with E-state index in [0.29, 0.717) is 12.0 Å². The van der Waals surface area contributed by atoms with Crippen molar-refractivity contribution in [2.75, 3.05) is 27.3 Å². The minimum absolute atomic E-state index is 0. The fourth-order valence-electron chi connectivity index (χ4n) is 3.57. The third-order valence-corrected chi connectivity index (χ3v) is 4.86. The van der Waals surface area contributed by atoms with Crippen molar-refractivity contribution in [2.45, 2.75) is 31.8 Å². The molecule has 0 aliphatic carbocycles. The molecule has 0 spiro atoms. The van der Waals surface area contributed by atoms with Crippen LogP contribution in [0.15, 0.2) is 12.1 Å². The number of nitrogens with two attached hydrogens (primary N) is 1. The lowest BCUT2D eigenvalue weighted by Gasteiger charge is -2.45. The van der Waals surface area contributed by atoms with E-state index in [1.807, 2.05) is 0 Å². The van der Waals surface area contributed by atoms with Gasteiger partial charge in [0.05, 0.1) is 14.2 Å². The Morgan fingerprint density at radius 1 is 1.14 bits per heavy atom. The Morgan fingerprint density at radius 2 is 1.77 bits per heavy atom. The van der Waals surface area contributed by atoms with Crippen LogP contribution >= 0.6 is 24.8 Å². The molecule has 3 rings (SSSR count). The zero-order valence-electron chi connectivity index (χ0n) is 13.4. The second-order valence-corrected chi connectivity index (χ2v) is 6.04. The third kappa shape index (κ3) is 3.30. The standard InChI is InChI=1S/C16H24N2O2.2ClH/c1-10-9-18-5-4-11-6-15(19-2)16(20-3)7-12(11)14(18)8-13(10)17;;/h6-7,10,13-14H,4-5,8-9,17H2,1-3H3;2*1H/t10-,13-,14?;;/m1../s1. The number of nitrogens with zero attached hydrogens (tertiary/aromatic N) is 1. The molecule has 126 valence electrons. The zero-order chi connectivity index (χ0) is 14.3. The Bertz CT molecular complexity index is 513. The van der Waals surface area contributed by atoms with Gasteiger partial charge in [-0.2, -0.15) is 0 Å². The maximum absolute atomic E-state index is 6.29. The summed E-state index contributed by atoms with van der Waals surface area (Å²) in [6, 6.07) is 5.00. The molecule has 3 atom stereocenters. The summed E-state index contributed by atoms with van der Waals surface area (Å²) in [6.45, 7) is 4.47. The average molecular weight is 349 g/mol. The van der Waals surface area contributed by atoms with Crippen LogP contribution in [-0.4, -0.2) is 38.3 Å². The van der Waals surface area contributed by atoms with Crippen molar-refractivity contribution < 1.29 is 9.47 Å². The van der Waals surface area contributed by atoms with E-state index < -0.39 is 0 Å². The lowest BCUT2D eigenvalue weighted by Crippen LogP contribution is -2.49. The van der Waals surface area contributed by atoms with Gasteiger partial charge in [0.2, 0.25) is 0 Å². The largest absolute Gasteiger partial charge is 0.493 e. The number of halogens is 2. The summed E-state index contributed by atoms with van der Waals surface area (Å²) in [6.07, 6.45) is 2.11. The SMILES string of the molecule is COc1cc2c(cc1OC)C1C[C@@H](N)[C@H](C)CN1CC2.Cl.Cl. The molecule has 0 aromatic heterocycles. The molecular formula is C16H26Cl2N2O2. The van der Waals surface area contributed by atoms with Crippen molar-refractivity contribution in [3.63, 3.8) is 0 Å². The highest BCUT2D eigenvalue weighted by molar-refractivity contribution is 5.85. The normalized spacial score (nSPS) is 26.8. The Kier molecular flexibility index (Phi) is 6.81. The summed E-state index contributed by atoms with van der Waals surface area (Å²) in [7, 11) is 3.39. The second kappa shape index (κ2) is 7.73. The summed E-state index contributed by atoms with van der Waals surface area (Å²) < 4.78 is 10.9. The molecule has 2 N–H and O–H groups in total. The maximum Gasteiger partial charge on any atom is 0.161 e. The van der Waals surface area contributed by atoms with Gasteiger partial charge in [-0.15, -0.1) is 24.8 Å². The molecule has 1 aromatic carbocycles. The summed E-state index contributed by atoms with van der Waals surface area (Å²) in [5.41, 5.74) is 9.04. The van der Waals surface area contributed by atoms with Crippen molar-refractivity contribution >= 4 is 24.8 Å². The van der Waals surface area contributed by atoms with Crippen LogP contribution in [0.5, 0.6) is 11.5 Å². The number of methoxy groups -OCH3 is 2. The number of benzene rings is 1. The zero-order valence-corrected chi connectivity index (χ0v) is 15.0. The molecule has 1 aromatic rings. The first kappa shape index (κ1) is 19.4. The molecule has 0 amide bonds. The second-order valence-electron chi connectivity index (χ2n) is 6.04. The summed E-state index contributed by atoms with van der Waals surface area (Å²) >= 11 is 0. The summed E-state index contributed by atoms with van der Waals surface area (Å²) in [5, 5.41) is 0. The van der Waals surface area contributed by atoms with Crippen LogP contribution in [0, 0.1) is 5.92 Å². The summed E-state index contributed by atoms with van der Waals surface area (Å²) in [4.78, 5) is 2.57. The summed E-state index contributed by atoms with van der Waals surface area (Å²) in [5.74, 6) is 2.22. The molecule has 2 aliphatic rings. The Balaban J connectivity index is 0.00000121. The topological polar surface area (TPSA) is 47.7 Å². The number of hydrogen-bond donors (Lipinski definition) is 1. The molecule has 4 nitrogen and oxygen atoms in total. The Labute approximate surface area is 145 Å². The third-order valence-electron chi connectivity index (χ3n) is 4.86. The van der Waals surface area contributed by atoms with Crippen molar-refractivity contribution in [3.8, 4) is 11.5 Å². The minimum Gasteiger partial charge on any atom is -0.493 e. The Morgan fingerprint density at radius 3 is 2.41 bits per heavy atom. The van der Waals surface area contributed by atoms with E-state index in [0.717, 1.165) is 37.4 Å². The Hall–Kier alpha value is -0.680. The number of ether oxygens (including phenoxy) is 2. The fraction of sp³-hybridized carbons (Fsp3) is 0.625. The van der Waals surface area contributed by atoms with Gasteiger partial charge in [-0.3, -0.25) is 4.90 Å². The van der Waals surface area contributed by atoms with E-state index in [1.54, 1.807) is 14.2 Å². The van der Waals surface area contributed by atoms with Crippen LogP contribution in [0.2, 0.25) is 0 Å². The lowest BCUT2D eigenvalue weighted by atomic mass is 9.81. The van der Waals surface area contributed by atoms with Gasteiger partial charge in [0.15, 0.2) is 11.5 Å². The first-order chi connectivity index (χ1) is 9.63. The van der Waals surface area contributed by atoms with Crippen molar-refractivity contribution in [1.82, 2.24) is 4.90 Å². The quantitative estimate of drug-likeness (QED) is 0.892. The van der Waals surface area contributed by atoms with Crippen LogP contribution in [0.3, 0.4) is 0 Å². The maximum atomic E-state index is 6.29. The number of hydrogen-bond acceptors (Lipinski definition) is 4. The average Bonchev–Trinajstić information content (AvgIpc) is 2.47. The molecule has 6 heteroatoms. The molecular weight excluding hydrogens is 323 g/mol. The van der Waals surface area contributed by atoms with E-state index in [2.05, 4.69) is 24.0 Å². The monoisotopic (exact) mass is 348 g/mol. The van der Waals surface area contributed by atoms with Gasteiger partial charge in [-0.25, -0.2) is 0 Å². The highest BCUT2D eigenvalue weighted by Gasteiger charge is 2.36. The van der Waals surface area contributed by atoms with Crippen molar-refractivity contribution in [1.29, 1.82) is 0 Å². The van der Waals surface area contributed by atoms with Crippen LogP contribution in [-0.2, 0) is 6.42 Å². The molecule has 2 heterocycles. The molecule has 1 unspecified atom stereocenters. The molecule has 2 aliphatic heterocycles. The van der Waals surface area contributed by atoms with Gasteiger partial charge in [0.1, 0.15) is 0 Å². The van der Waals surface area contributed by atoms with Gasteiger partial charge >= 0.3 is 0 Å². The number of rotatable bonds is 2. The van der Waals surface area contributed by atoms with Gasteiger partial charge < -0.3 is 15.2 Å². The van der Waals surface area contributed by atoms with E-state index in [1.165, 1.54) is 11.1 Å². The predicted octanol–water partition coefficient (Wildman–Crippen LogP) is 2.81. The van der Waals surface area contributed by atoms with E-state index in [9.17, 15) is 0 Å². The van der Waals surface area contributed by atoms with Gasteiger partial charge in [0.25, 0.3) is 0 Å².